The van der Waals surface area contributed by atoms with Gasteiger partial charge in [0, 0.05) is 4.53 Å². The minimum Gasteiger partial charge on any atom is -0.496 e. The monoisotopic (exact) mass is 184 g/mol. The molecule has 0 aliphatic rings. The number of ether oxygens (including phenoxy) is 1. The second-order valence-corrected chi connectivity index (χ2v) is 2.52. The smallest absolute Gasteiger partial charge is 0.383 e. The predicted octanol–water partition coefficient (Wildman–Crippen LogP) is 2.04. The van der Waals surface area contributed by atoms with E-state index in [4.69, 9.17) is 4.74 Å². The number of aryl methyl sites for hydroxylation is 1. The third-order valence-corrected chi connectivity index (χ3v) is 1.73. The molecule has 0 bridgehead atoms. The Morgan fingerprint density at radius 1 is 1.46 bits per heavy atom. The van der Waals surface area contributed by atoms with Gasteiger partial charge in [-0.2, -0.15) is 0 Å². The Labute approximate surface area is 75.0 Å². The van der Waals surface area contributed by atoms with Gasteiger partial charge in [-0.25, -0.2) is 9.74 Å². The molecule has 13 heavy (non-hydrogen) atoms. The van der Waals surface area contributed by atoms with Gasteiger partial charge >= 0.3 is 5.97 Å². The molecule has 0 saturated carbocycles. The van der Waals surface area contributed by atoms with E-state index in [1.807, 2.05) is 0 Å². The molecule has 4 heteroatoms. The van der Waals surface area contributed by atoms with Gasteiger partial charge in [0.15, 0.2) is 0 Å². The zero-order chi connectivity index (χ0) is 9.84. The summed E-state index contributed by atoms with van der Waals surface area (Å²) in [6.45, 7) is 1.68. The van der Waals surface area contributed by atoms with Crippen LogP contribution < -0.4 is 4.74 Å². The molecule has 1 aromatic carbocycles. The molecular formula is C9H9FO3. The lowest BCUT2D eigenvalue weighted by molar-refractivity contribution is -0.0790. The van der Waals surface area contributed by atoms with Crippen molar-refractivity contribution in [1.29, 1.82) is 0 Å². The van der Waals surface area contributed by atoms with Gasteiger partial charge in [-0.15, -0.1) is 0 Å². The summed E-state index contributed by atoms with van der Waals surface area (Å²) in [7, 11) is 1.41. The highest BCUT2D eigenvalue weighted by atomic mass is 19.3. The van der Waals surface area contributed by atoms with E-state index in [-0.39, 0.29) is 5.56 Å². The van der Waals surface area contributed by atoms with Crippen LogP contribution >= 0.6 is 0 Å². The van der Waals surface area contributed by atoms with Crippen LogP contribution in [0.15, 0.2) is 18.2 Å². The molecule has 0 saturated heterocycles. The number of halogens is 1. The van der Waals surface area contributed by atoms with E-state index in [0.29, 0.717) is 11.3 Å². The van der Waals surface area contributed by atoms with Crippen molar-refractivity contribution in [2.45, 2.75) is 6.92 Å². The Morgan fingerprint density at radius 3 is 2.69 bits per heavy atom. The molecule has 0 aromatic heterocycles. The van der Waals surface area contributed by atoms with E-state index >= 15 is 0 Å². The van der Waals surface area contributed by atoms with Crippen molar-refractivity contribution in [2.24, 2.45) is 0 Å². The maximum atomic E-state index is 11.7. The molecule has 70 valence electrons. The Hall–Kier alpha value is -1.58. The molecule has 0 radical (unpaired) electrons. The third-order valence-electron chi connectivity index (χ3n) is 1.73. The number of hydrogen-bond acceptors (Lipinski definition) is 3. The van der Waals surface area contributed by atoms with E-state index in [2.05, 4.69) is 4.94 Å². The van der Waals surface area contributed by atoms with E-state index in [9.17, 15) is 9.32 Å². The van der Waals surface area contributed by atoms with Gasteiger partial charge in [0.25, 0.3) is 0 Å². The fourth-order valence-electron chi connectivity index (χ4n) is 1.11. The van der Waals surface area contributed by atoms with Gasteiger partial charge in [-0.05, 0) is 18.6 Å². The van der Waals surface area contributed by atoms with Crippen LogP contribution in [0, 0.1) is 6.92 Å². The number of carbonyl (C=O) groups is 1. The summed E-state index contributed by atoms with van der Waals surface area (Å²) < 4.78 is 16.5. The van der Waals surface area contributed by atoms with Crippen molar-refractivity contribution in [3.05, 3.63) is 29.3 Å². The lowest BCUT2D eigenvalue weighted by Gasteiger charge is -2.06. The molecule has 3 nitrogen and oxygen atoms in total. The first-order valence-electron chi connectivity index (χ1n) is 3.67. The summed E-state index contributed by atoms with van der Waals surface area (Å²) in [5.74, 6) is -0.724. The van der Waals surface area contributed by atoms with E-state index < -0.39 is 5.97 Å². The average Bonchev–Trinajstić information content (AvgIpc) is 2.16. The van der Waals surface area contributed by atoms with Crippen molar-refractivity contribution in [3.63, 3.8) is 0 Å². The third kappa shape index (κ3) is 1.77. The number of hydrogen-bond donors (Lipinski definition) is 0. The molecular weight excluding hydrogens is 175 g/mol. The molecule has 1 rings (SSSR count). The quantitative estimate of drug-likeness (QED) is 0.705. The first-order chi connectivity index (χ1) is 6.20. The summed E-state index contributed by atoms with van der Waals surface area (Å²) in [5, 5.41) is 0. The molecule has 0 unspecified atom stereocenters. The van der Waals surface area contributed by atoms with Gasteiger partial charge in [-0.1, -0.05) is 12.1 Å². The van der Waals surface area contributed by atoms with E-state index in [1.165, 1.54) is 7.11 Å². The van der Waals surface area contributed by atoms with Crippen LogP contribution in [-0.2, 0) is 4.94 Å². The first-order valence-corrected chi connectivity index (χ1v) is 3.67. The van der Waals surface area contributed by atoms with Crippen LogP contribution in [0.4, 0.5) is 4.53 Å². The van der Waals surface area contributed by atoms with Crippen molar-refractivity contribution in [2.75, 3.05) is 7.11 Å². The van der Waals surface area contributed by atoms with Crippen molar-refractivity contribution in [3.8, 4) is 5.75 Å². The topological polar surface area (TPSA) is 35.5 Å². The number of methoxy groups -OCH3 is 1. The summed E-state index contributed by atoms with van der Waals surface area (Å²) in [4.78, 5) is 14.1. The van der Waals surface area contributed by atoms with E-state index in [1.54, 1.807) is 25.1 Å². The molecule has 0 N–H and O–H groups in total. The van der Waals surface area contributed by atoms with Crippen LogP contribution in [0.2, 0.25) is 0 Å². The highest BCUT2D eigenvalue weighted by Crippen LogP contribution is 2.22. The van der Waals surface area contributed by atoms with Gasteiger partial charge in [-0.3, -0.25) is 0 Å². The fraction of sp³-hybridized carbons (Fsp3) is 0.222. The van der Waals surface area contributed by atoms with Crippen molar-refractivity contribution in [1.82, 2.24) is 0 Å². The van der Waals surface area contributed by atoms with Crippen molar-refractivity contribution < 1.29 is 19.0 Å². The number of carbonyl (C=O) groups excluding carboxylic acids is 1. The van der Waals surface area contributed by atoms with Crippen LogP contribution in [-0.4, -0.2) is 13.1 Å². The van der Waals surface area contributed by atoms with Gasteiger partial charge in [0.2, 0.25) is 0 Å². The SMILES string of the molecule is COc1cccc(C)c1C(=O)OF. The molecule has 0 amide bonds. The summed E-state index contributed by atoms with van der Waals surface area (Å²) >= 11 is 0. The molecule has 0 atom stereocenters. The van der Waals surface area contributed by atoms with Crippen LogP contribution in [0.5, 0.6) is 5.75 Å². The highest BCUT2D eigenvalue weighted by Gasteiger charge is 2.16. The predicted molar refractivity (Wildman–Crippen MR) is 44.3 cm³/mol. The zero-order valence-corrected chi connectivity index (χ0v) is 7.33. The normalized spacial score (nSPS) is 9.46. The maximum Gasteiger partial charge on any atom is 0.383 e. The summed E-state index contributed by atoms with van der Waals surface area (Å²) in [6.07, 6.45) is 0. The minimum atomic E-state index is -1.03. The van der Waals surface area contributed by atoms with Gasteiger partial charge < -0.3 is 4.74 Å². The zero-order valence-electron chi connectivity index (χ0n) is 7.33. The standard InChI is InChI=1S/C9H9FO3/c1-6-4-3-5-7(12-2)8(6)9(11)13-10/h3-5H,1-2H3. The Balaban J connectivity index is 3.22. The first kappa shape index (κ1) is 9.51. The average molecular weight is 184 g/mol. The second kappa shape index (κ2) is 3.89. The second-order valence-electron chi connectivity index (χ2n) is 2.52. The number of benzene rings is 1. The molecule has 0 fully saturated rings. The Kier molecular flexibility index (Phi) is 2.84. The van der Waals surface area contributed by atoms with Crippen LogP contribution in [0.1, 0.15) is 15.9 Å². The molecule has 0 aliphatic carbocycles. The van der Waals surface area contributed by atoms with Gasteiger partial charge in [0.05, 0.1) is 7.11 Å². The minimum absolute atomic E-state index is 0.118. The molecule has 0 heterocycles. The lowest BCUT2D eigenvalue weighted by atomic mass is 10.1. The molecule has 0 spiro atoms. The fourth-order valence-corrected chi connectivity index (χ4v) is 1.11. The highest BCUT2D eigenvalue weighted by molar-refractivity contribution is 5.93. The summed E-state index contributed by atoms with van der Waals surface area (Å²) in [5.41, 5.74) is 0.731. The Morgan fingerprint density at radius 2 is 2.15 bits per heavy atom. The van der Waals surface area contributed by atoms with Crippen molar-refractivity contribution >= 4 is 5.97 Å². The van der Waals surface area contributed by atoms with Gasteiger partial charge in [0.1, 0.15) is 11.3 Å². The summed E-state index contributed by atoms with van der Waals surface area (Å²) in [6, 6.07) is 4.96. The largest absolute Gasteiger partial charge is 0.496 e. The van der Waals surface area contributed by atoms with E-state index in [0.717, 1.165) is 0 Å². The lowest BCUT2D eigenvalue weighted by Crippen LogP contribution is -2.04. The van der Waals surface area contributed by atoms with Crippen LogP contribution in [0.25, 0.3) is 0 Å². The number of rotatable bonds is 2. The molecule has 1 aromatic rings. The maximum absolute atomic E-state index is 11.7. The molecule has 0 aliphatic heterocycles. The van der Waals surface area contributed by atoms with Crippen LogP contribution in [0.3, 0.4) is 0 Å². The Bertz CT molecular complexity index is 323.